The maximum Gasteiger partial charge on any atom is 0.310 e. The highest BCUT2D eigenvalue weighted by atomic mass is 79.9. The van der Waals surface area contributed by atoms with Crippen molar-refractivity contribution in [3.8, 4) is 5.88 Å². The van der Waals surface area contributed by atoms with Gasteiger partial charge in [-0.2, -0.15) is 0 Å². The van der Waals surface area contributed by atoms with Gasteiger partial charge < -0.3 is 5.11 Å². The summed E-state index contributed by atoms with van der Waals surface area (Å²) < 4.78 is 1.96. The summed E-state index contributed by atoms with van der Waals surface area (Å²) >= 11 is 4.39. The maximum absolute atomic E-state index is 11.5. The number of aromatic nitrogens is 1. The highest BCUT2D eigenvalue weighted by Crippen LogP contribution is 2.20. The predicted molar refractivity (Wildman–Crippen MR) is 83.8 cm³/mol. The molecule has 0 aliphatic carbocycles. The Labute approximate surface area is 131 Å². The molecule has 2 aromatic rings. The molecular weight excluding hydrogens is 356 g/mol. The van der Waals surface area contributed by atoms with Gasteiger partial charge in [-0.15, -0.1) is 0 Å². The Balaban J connectivity index is 2.24. The SMILES string of the molecule is Cn1c(O)c(C=c2cc3c(cc2Br)=NC=C3C=O)sc1=O. The number of thiazole rings is 1. The van der Waals surface area contributed by atoms with Gasteiger partial charge in [-0.05, 0) is 23.4 Å². The second kappa shape index (κ2) is 5.09. The Morgan fingerprint density at radius 3 is 2.81 bits per heavy atom. The molecule has 0 spiro atoms. The van der Waals surface area contributed by atoms with E-state index in [0.29, 0.717) is 15.8 Å². The number of nitrogens with zero attached hydrogens (tertiary/aromatic N) is 2. The van der Waals surface area contributed by atoms with E-state index in [0.717, 1.165) is 32.9 Å². The zero-order valence-corrected chi connectivity index (χ0v) is 13.2. The van der Waals surface area contributed by atoms with Crippen LogP contribution in [0.3, 0.4) is 0 Å². The molecule has 0 saturated carbocycles. The minimum Gasteiger partial charge on any atom is -0.493 e. The van der Waals surface area contributed by atoms with Crippen molar-refractivity contribution in [2.45, 2.75) is 0 Å². The lowest BCUT2D eigenvalue weighted by molar-refractivity contribution is -0.103. The quantitative estimate of drug-likeness (QED) is 0.805. The normalized spacial score (nSPS) is 13.8. The number of hydrogen-bond donors (Lipinski definition) is 1. The first-order chi connectivity index (χ1) is 10.0. The maximum atomic E-state index is 11.5. The van der Waals surface area contributed by atoms with Gasteiger partial charge >= 0.3 is 4.87 Å². The average Bonchev–Trinajstić information content (AvgIpc) is 2.96. The van der Waals surface area contributed by atoms with E-state index >= 15 is 0 Å². The molecule has 1 aliphatic rings. The first-order valence-corrected chi connectivity index (χ1v) is 7.56. The second-order valence-electron chi connectivity index (χ2n) is 4.48. The Hall–Kier alpha value is -1.99. The molecule has 0 fully saturated rings. The molecule has 3 rings (SSSR count). The molecule has 106 valence electrons. The minimum absolute atomic E-state index is 0.0757. The fourth-order valence-electron chi connectivity index (χ4n) is 2.03. The van der Waals surface area contributed by atoms with Crippen LogP contribution in [-0.4, -0.2) is 16.0 Å². The third-order valence-electron chi connectivity index (χ3n) is 3.19. The van der Waals surface area contributed by atoms with Crippen LogP contribution < -0.4 is 15.4 Å². The molecule has 21 heavy (non-hydrogen) atoms. The first-order valence-electron chi connectivity index (χ1n) is 5.95. The van der Waals surface area contributed by atoms with E-state index in [9.17, 15) is 14.7 Å². The van der Waals surface area contributed by atoms with E-state index < -0.39 is 0 Å². The van der Waals surface area contributed by atoms with Crippen molar-refractivity contribution in [3.05, 3.63) is 53.5 Å². The summed E-state index contributed by atoms with van der Waals surface area (Å²) in [7, 11) is 1.51. The van der Waals surface area contributed by atoms with Crippen molar-refractivity contribution in [2.75, 3.05) is 0 Å². The van der Waals surface area contributed by atoms with Gasteiger partial charge in [0.25, 0.3) is 0 Å². The molecule has 0 unspecified atom stereocenters. The molecule has 2 heterocycles. The summed E-state index contributed by atoms with van der Waals surface area (Å²) in [4.78, 5) is 26.9. The van der Waals surface area contributed by atoms with E-state index in [1.54, 1.807) is 18.2 Å². The lowest BCUT2D eigenvalue weighted by Gasteiger charge is -1.99. The van der Waals surface area contributed by atoms with Gasteiger partial charge in [0, 0.05) is 28.9 Å². The molecule has 0 bridgehead atoms. The smallest absolute Gasteiger partial charge is 0.310 e. The monoisotopic (exact) mass is 364 g/mol. The van der Waals surface area contributed by atoms with Crippen molar-refractivity contribution in [1.29, 1.82) is 0 Å². The minimum atomic E-state index is -0.237. The number of aldehydes is 1. The van der Waals surface area contributed by atoms with E-state index in [-0.39, 0.29) is 10.8 Å². The summed E-state index contributed by atoms with van der Waals surface area (Å²) in [5, 5.41) is 11.4. The number of fused-ring (bicyclic) bond motifs is 1. The van der Waals surface area contributed by atoms with Crippen LogP contribution in [0.4, 0.5) is 0 Å². The Morgan fingerprint density at radius 1 is 1.43 bits per heavy atom. The molecule has 1 aliphatic heterocycles. The lowest BCUT2D eigenvalue weighted by atomic mass is 10.1. The highest BCUT2D eigenvalue weighted by molar-refractivity contribution is 9.10. The molecule has 0 saturated heterocycles. The fraction of sp³-hybridized carbons (Fsp3) is 0.0714. The largest absolute Gasteiger partial charge is 0.493 e. The van der Waals surface area contributed by atoms with Crippen molar-refractivity contribution < 1.29 is 9.90 Å². The summed E-state index contributed by atoms with van der Waals surface area (Å²) in [6.07, 6.45) is 3.98. The lowest BCUT2D eigenvalue weighted by Crippen LogP contribution is -2.14. The van der Waals surface area contributed by atoms with Crippen LogP contribution in [0.25, 0.3) is 11.6 Å². The Bertz CT molecular complexity index is 969. The van der Waals surface area contributed by atoms with Crippen LogP contribution in [0.2, 0.25) is 0 Å². The number of halogens is 1. The zero-order chi connectivity index (χ0) is 15.1. The van der Waals surface area contributed by atoms with Gasteiger partial charge in [-0.1, -0.05) is 27.3 Å². The van der Waals surface area contributed by atoms with Crippen LogP contribution in [0, 0.1) is 0 Å². The number of carbonyl (C=O) groups is 1. The number of hydrogen-bond acceptors (Lipinski definition) is 5. The molecule has 0 radical (unpaired) electrons. The van der Waals surface area contributed by atoms with E-state index in [2.05, 4.69) is 20.9 Å². The predicted octanol–water partition coefficient (Wildman–Crippen LogP) is 0.917. The van der Waals surface area contributed by atoms with Gasteiger partial charge in [0.2, 0.25) is 5.88 Å². The van der Waals surface area contributed by atoms with Crippen molar-refractivity contribution in [1.82, 2.24) is 4.57 Å². The third-order valence-corrected chi connectivity index (χ3v) is 4.85. The number of allylic oxidation sites excluding steroid dienone is 1. The summed E-state index contributed by atoms with van der Waals surface area (Å²) in [5.74, 6) is -0.0757. The van der Waals surface area contributed by atoms with Gasteiger partial charge in [0.15, 0.2) is 6.29 Å². The Kier molecular flexibility index (Phi) is 3.38. The van der Waals surface area contributed by atoms with Crippen LogP contribution in [0.5, 0.6) is 5.88 Å². The van der Waals surface area contributed by atoms with Crippen LogP contribution in [0.1, 0.15) is 10.4 Å². The summed E-state index contributed by atoms with van der Waals surface area (Å²) in [6, 6.07) is 3.61. The topological polar surface area (TPSA) is 71.7 Å². The number of carbonyl (C=O) groups excluding carboxylic acids is 1. The second-order valence-corrected chi connectivity index (χ2v) is 6.33. The molecule has 0 amide bonds. The van der Waals surface area contributed by atoms with Crippen molar-refractivity contribution in [3.63, 3.8) is 0 Å². The van der Waals surface area contributed by atoms with Crippen molar-refractivity contribution >= 4 is 45.2 Å². The first kappa shape index (κ1) is 14.0. The number of aromatic hydroxyl groups is 1. The van der Waals surface area contributed by atoms with Crippen LogP contribution in [0.15, 0.2) is 32.6 Å². The van der Waals surface area contributed by atoms with Gasteiger partial charge in [0.05, 0.1) is 10.2 Å². The standard InChI is InChI=1S/C14H9BrN2O3S/c1-17-13(19)12(21-14(17)20)3-7-2-9-8(6-18)5-16-11(9)4-10(7)15/h2-6,19H,1H3. The van der Waals surface area contributed by atoms with Crippen molar-refractivity contribution in [2.24, 2.45) is 12.0 Å². The van der Waals surface area contributed by atoms with Gasteiger partial charge in [-0.3, -0.25) is 19.1 Å². The number of rotatable bonds is 2. The molecular formula is C14H9BrN2O3S. The fourth-order valence-corrected chi connectivity index (χ4v) is 3.30. The van der Waals surface area contributed by atoms with E-state index in [4.69, 9.17) is 0 Å². The molecule has 7 heteroatoms. The Morgan fingerprint density at radius 2 is 2.19 bits per heavy atom. The molecule has 5 nitrogen and oxygen atoms in total. The average molecular weight is 365 g/mol. The highest BCUT2D eigenvalue weighted by Gasteiger charge is 2.12. The third kappa shape index (κ3) is 2.28. The zero-order valence-electron chi connectivity index (χ0n) is 10.8. The van der Waals surface area contributed by atoms with Gasteiger partial charge in [-0.25, -0.2) is 0 Å². The molecule has 1 N–H and O–H groups in total. The van der Waals surface area contributed by atoms with E-state index in [1.807, 2.05) is 0 Å². The van der Waals surface area contributed by atoms with Crippen LogP contribution >= 0.6 is 27.3 Å². The van der Waals surface area contributed by atoms with Crippen LogP contribution in [-0.2, 0) is 11.8 Å². The molecule has 1 aromatic heterocycles. The number of benzene rings is 1. The summed E-state index contributed by atoms with van der Waals surface area (Å²) in [6.45, 7) is 0. The molecule has 0 atom stereocenters. The van der Waals surface area contributed by atoms with Gasteiger partial charge in [0.1, 0.15) is 0 Å². The summed E-state index contributed by atoms with van der Waals surface area (Å²) in [5.41, 5.74) is 1.25. The molecule has 1 aromatic carbocycles. The van der Waals surface area contributed by atoms with E-state index in [1.165, 1.54) is 17.8 Å².